The molecule has 54 heavy (non-hydrogen) atoms. The third-order valence-corrected chi connectivity index (χ3v) is 13.2. The highest BCUT2D eigenvalue weighted by atomic mass is 32.2. The van der Waals surface area contributed by atoms with Crippen molar-refractivity contribution in [2.45, 2.75) is 107 Å². The molecule has 4 aliphatic rings. The second-order valence-electron chi connectivity index (χ2n) is 15.2. The molecule has 1 aromatic carbocycles. The first kappa shape index (κ1) is 37.4. The zero-order chi connectivity index (χ0) is 38.6. The van der Waals surface area contributed by atoms with Crippen LogP contribution >= 0.6 is 0 Å². The van der Waals surface area contributed by atoms with Crippen LogP contribution in [-0.2, 0) is 31.5 Å². The van der Waals surface area contributed by atoms with Crippen molar-refractivity contribution in [3.8, 4) is 5.88 Å². The van der Waals surface area contributed by atoms with E-state index in [2.05, 4.69) is 30.4 Å². The van der Waals surface area contributed by atoms with Gasteiger partial charge in [0.25, 0.3) is 11.8 Å². The van der Waals surface area contributed by atoms with E-state index in [1.165, 1.54) is 21.7 Å². The Morgan fingerprint density at radius 2 is 1.89 bits per heavy atom. The van der Waals surface area contributed by atoms with Crippen LogP contribution in [0.5, 0.6) is 5.88 Å². The van der Waals surface area contributed by atoms with Crippen molar-refractivity contribution >= 4 is 44.7 Å². The number of para-hydroxylation sites is 1. The van der Waals surface area contributed by atoms with E-state index >= 15 is 0 Å². The molecule has 17 heteroatoms. The third kappa shape index (κ3) is 7.17. The van der Waals surface area contributed by atoms with Gasteiger partial charge in [-0.15, -0.1) is 0 Å². The lowest BCUT2D eigenvalue weighted by Gasteiger charge is -2.30. The molecule has 0 spiro atoms. The molecule has 288 valence electrons. The Bertz CT molecular complexity index is 2170. The number of amides is 4. The average Bonchev–Trinajstić information content (AvgIpc) is 3.94. The van der Waals surface area contributed by atoms with Gasteiger partial charge in [0.2, 0.25) is 27.7 Å². The third-order valence-electron chi connectivity index (χ3n) is 11.1. The molecule has 0 unspecified atom stereocenters. The van der Waals surface area contributed by atoms with Gasteiger partial charge < -0.3 is 20.3 Å². The summed E-state index contributed by atoms with van der Waals surface area (Å²) in [5, 5.41) is 9.98. The highest BCUT2D eigenvalue weighted by Gasteiger charge is 2.63. The summed E-state index contributed by atoms with van der Waals surface area (Å²) < 4.78 is 49.8. The maximum atomic E-state index is 14.7. The van der Waals surface area contributed by atoms with E-state index in [4.69, 9.17) is 4.74 Å². The molecule has 1 saturated heterocycles. The molecule has 2 aliphatic heterocycles. The lowest BCUT2D eigenvalue weighted by atomic mass is 10.0. The molecule has 0 bridgehead atoms. The molecular weight excluding hydrogens is 720 g/mol. The number of nitrogens with zero attached hydrogens (tertiary/aromatic N) is 5. The van der Waals surface area contributed by atoms with Crippen molar-refractivity contribution in [1.82, 2.24) is 40.0 Å². The number of aryl methyl sites for hydroxylation is 3. The second-order valence-corrected chi connectivity index (χ2v) is 17.4. The molecule has 4 heterocycles. The number of allylic oxidation sites excluding steroid dienone is 1. The molecule has 2 aromatic heterocycles. The van der Waals surface area contributed by atoms with E-state index in [1.807, 2.05) is 12.2 Å². The van der Waals surface area contributed by atoms with Gasteiger partial charge in [-0.05, 0) is 77.5 Å². The number of hydrogen-bond donors (Lipinski definition) is 3. The number of carbonyl (C=O) groups is 4. The lowest BCUT2D eigenvalue weighted by molar-refractivity contribution is -0.141. The Hall–Kier alpha value is -4.93. The van der Waals surface area contributed by atoms with Crippen LogP contribution in [0.1, 0.15) is 86.6 Å². The Balaban J connectivity index is 1.21. The number of benzene rings is 1. The van der Waals surface area contributed by atoms with Gasteiger partial charge in [0.1, 0.15) is 40.6 Å². The summed E-state index contributed by atoms with van der Waals surface area (Å²) in [5.41, 5.74) is 0.0525. The lowest BCUT2D eigenvalue weighted by Crippen LogP contribution is -2.58. The quantitative estimate of drug-likeness (QED) is 0.301. The Morgan fingerprint density at radius 3 is 2.61 bits per heavy atom. The molecule has 0 radical (unpaired) electrons. The molecule has 15 nitrogen and oxygen atoms in total. The number of hydrogen-bond acceptors (Lipinski definition) is 10. The number of fused-ring (bicyclic) bond motifs is 3. The second kappa shape index (κ2) is 14.0. The number of halogens is 1. The van der Waals surface area contributed by atoms with Gasteiger partial charge in [-0.25, -0.2) is 22.8 Å². The van der Waals surface area contributed by atoms with Crippen LogP contribution in [0.15, 0.2) is 36.4 Å². The summed E-state index contributed by atoms with van der Waals surface area (Å²) in [5.74, 6) is -3.55. The number of sulfonamides is 1. The minimum absolute atomic E-state index is 0.00346. The van der Waals surface area contributed by atoms with E-state index in [0.29, 0.717) is 49.0 Å². The topological polar surface area (TPSA) is 195 Å². The van der Waals surface area contributed by atoms with Crippen molar-refractivity contribution in [3.05, 3.63) is 59.3 Å². The van der Waals surface area contributed by atoms with Gasteiger partial charge in [-0.2, -0.15) is 5.10 Å². The maximum Gasteiger partial charge on any atom is 0.270 e. The number of aromatic nitrogens is 4. The van der Waals surface area contributed by atoms with Crippen molar-refractivity contribution in [3.63, 3.8) is 0 Å². The fourth-order valence-corrected chi connectivity index (χ4v) is 8.70. The molecule has 2 aliphatic carbocycles. The van der Waals surface area contributed by atoms with Crippen LogP contribution in [0.2, 0.25) is 0 Å². The van der Waals surface area contributed by atoms with Crippen LogP contribution in [0.25, 0.3) is 11.0 Å². The van der Waals surface area contributed by atoms with Crippen LogP contribution in [0.3, 0.4) is 0 Å². The predicted octanol–water partition coefficient (Wildman–Crippen LogP) is 2.66. The number of rotatable bonds is 7. The van der Waals surface area contributed by atoms with Gasteiger partial charge >= 0.3 is 0 Å². The number of carbonyl (C=O) groups excluding carboxylic acids is 4. The zero-order valence-electron chi connectivity index (χ0n) is 30.7. The van der Waals surface area contributed by atoms with Crippen molar-refractivity contribution in [1.29, 1.82) is 0 Å². The van der Waals surface area contributed by atoms with Crippen LogP contribution in [0.4, 0.5) is 4.39 Å². The molecular formula is C37H45FN8O7S. The van der Waals surface area contributed by atoms with Crippen LogP contribution in [-0.4, -0.2) is 91.7 Å². The minimum Gasteiger partial charge on any atom is -0.471 e. The predicted molar refractivity (Wildman–Crippen MR) is 194 cm³/mol. The summed E-state index contributed by atoms with van der Waals surface area (Å²) in [6.07, 6.45) is 7.01. The normalized spacial score (nSPS) is 26.9. The van der Waals surface area contributed by atoms with Crippen molar-refractivity contribution in [2.75, 3.05) is 6.54 Å². The monoisotopic (exact) mass is 764 g/mol. The van der Waals surface area contributed by atoms with Gasteiger partial charge in [0, 0.05) is 19.4 Å². The standard InChI is InChI=1S/C37H45FN8O7S/c1-21-17-28(45(4)43-21)31(47)40-27-13-9-7-5-6-8-11-23-19-37(23,35(50)44-54(51,52)36(3)15-16-36)42-32(48)29-18-24(20-46(29)34(27)49)53-33-22(2)39-26-14-10-12-25(38)30(26)41-33/h8,10-12,14,17,23-24,27,29H,5-7,9,13,15-16,18-20H2,1-4H3,(H,40,47)(H,42,48)(H,44,50)/t23-,24-,27+,29+,37-/m1/s1. The van der Waals surface area contributed by atoms with Crippen molar-refractivity contribution in [2.24, 2.45) is 13.0 Å². The molecule has 5 atom stereocenters. The highest BCUT2D eigenvalue weighted by Crippen LogP contribution is 2.47. The van der Waals surface area contributed by atoms with Crippen molar-refractivity contribution < 1.29 is 36.7 Å². The minimum atomic E-state index is -4.01. The van der Waals surface area contributed by atoms with E-state index in [0.717, 1.165) is 12.8 Å². The zero-order valence-corrected chi connectivity index (χ0v) is 31.5. The molecule has 7 rings (SSSR count). The highest BCUT2D eigenvalue weighted by molar-refractivity contribution is 7.91. The first-order valence-electron chi connectivity index (χ1n) is 18.4. The summed E-state index contributed by atoms with van der Waals surface area (Å²) in [6, 6.07) is 3.83. The Kier molecular flexibility index (Phi) is 9.73. The Labute approximate surface area is 312 Å². The molecule has 4 amide bonds. The summed E-state index contributed by atoms with van der Waals surface area (Å²) in [4.78, 5) is 66.4. The molecule has 3 aromatic rings. The number of nitrogens with one attached hydrogen (secondary N) is 3. The SMILES string of the molecule is Cc1cc(C(=O)N[C@H]2CCCCCC=C[C@@H]3C[C@@]3(C(=O)NS(=O)(=O)C3(C)CC3)NC(=O)[C@@H]3C[C@@H](Oc4nc5c(F)cccc5nc4C)CN3C2=O)n(C)n1. The largest absolute Gasteiger partial charge is 0.471 e. The summed E-state index contributed by atoms with van der Waals surface area (Å²) in [6.45, 7) is 4.88. The molecule has 3 fully saturated rings. The van der Waals surface area contributed by atoms with Crippen LogP contribution in [0, 0.1) is 25.6 Å². The first-order valence-corrected chi connectivity index (χ1v) is 19.9. The van der Waals surface area contributed by atoms with E-state index in [9.17, 15) is 32.0 Å². The fourth-order valence-electron chi connectivity index (χ4n) is 7.39. The first-order chi connectivity index (χ1) is 25.6. The van der Waals surface area contributed by atoms with Gasteiger partial charge in [-0.3, -0.25) is 28.6 Å². The van der Waals surface area contributed by atoms with Crippen LogP contribution < -0.4 is 20.1 Å². The molecule has 2 saturated carbocycles. The smallest absolute Gasteiger partial charge is 0.270 e. The van der Waals surface area contributed by atoms with E-state index < -0.39 is 73.9 Å². The van der Waals surface area contributed by atoms with Gasteiger partial charge in [-0.1, -0.05) is 31.1 Å². The number of ether oxygens (including phenoxy) is 1. The summed E-state index contributed by atoms with van der Waals surface area (Å²) in [7, 11) is -2.38. The van der Waals surface area contributed by atoms with E-state index in [1.54, 1.807) is 40.0 Å². The Morgan fingerprint density at radius 1 is 1.11 bits per heavy atom. The van der Waals surface area contributed by atoms with E-state index in [-0.39, 0.29) is 36.5 Å². The summed E-state index contributed by atoms with van der Waals surface area (Å²) >= 11 is 0. The average molecular weight is 765 g/mol. The van der Waals surface area contributed by atoms with Gasteiger partial charge in [0.05, 0.1) is 22.5 Å². The molecule has 3 N–H and O–H groups in total. The fraction of sp³-hybridized carbons (Fsp3) is 0.541. The maximum absolute atomic E-state index is 14.7. The van der Waals surface area contributed by atoms with Gasteiger partial charge in [0.15, 0.2) is 5.82 Å².